The zero-order chi connectivity index (χ0) is 10.6. The Balaban J connectivity index is 2.77. The summed E-state index contributed by atoms with van der Waals surface area (Å²) in [5, 5.41) is 23.0. The second-order valence-electron chi connectivity index (χ2n) is 2.60. The molecule has 0 atom stereocenters. The molecule has 14 heavy (non-hydrogen) atoms. The van der Waals surface area contributed by atoms with E-state index in [0.29, 0.717) is 0 Å². The molecule has 1 rings (SSSR count). The monoisotopic (exact) mass is 221 g/mol. The van der Waals surface area contributed by atoms with Gasteiger partial charge in [0, 0.05) is 0 Å². The van der Waals surface area contributed by atoms with Crippen LogP contribution < -0.4 is 4.72 Å². The normalized spacial score (nSPS) is 12.2. The lowest BCUT2D eigenvalue weighted by atomic mass is 10.4. The van der Waals surface area contributed by atoms with Crippen molar-refractivity contribution in [2.75, 3.05) is 13.2 Å². The first-order valence-corrected chi connectivity index (χ1v) is 5.32. The maximum atomic E-state index is 11.4. The summed E-state index contributed by atoms with van der Waals surface area (Å²) >= 11 is 0. The van der Waals surface area contributed by atoms with Crippen molar-refractivity contribution in [3.05, 3.63) is 12.3 Å². The highest BCUT2D eigenvalue weighted by atomic mass is 32.2. The highest BCUT2D eigenvalue weighted by Gasteiger charge is 2.19. The lowest BCUT2D eigenvalue weighted by Gasteiger charge is -2.11. The summed E-state index contributed by atoms with van der Waals surface area (Å²) in [5.74, 6) is 0. The molecular formula is C6H11N3O4S. The van der Waals surface area contributed by atoms with Gasteiger partial charge in [0.1, 0.15) is 0 Å². The van der Waals surface area contributed by atoms with E-state index in [1.165, 1.54) is 12.3 Å². The molecule has 0 aromatic carbocycles. The fourth-order valence-corrected chi connectivity index (χ4v) is 1.94. The van der Waals surface area contributed by atoms with E-state index in [2.05, 4.69) is 14.9 Å². The van der Waals surface area contributed by atoms with Gasteiger partial charge in [0.25, 0.3) is 10.0 Å². The largest absolute Gasteiger partial charge is 0.395 e. The number of sulfonamides is 1. The average Bonchev–Trinajstić information content (AvgIpc) is 2.67. The van der Waals surface area contributed by atoms with Crippen molar-refractivity contribution >= 4 is 10.0 Å². The fourth-order valence-electron chi connectivity index (χ4n) is 0.808. The molecule has 80 valence electrons. The van der Waals surface area contributed by atoms with Gasteiger partial charge in [-0.15, -0.1) is 0 Å². The van der Waals surface area contributed by atoms with E-state index < -0.39 is 29.3 Å². The Morgan fingerprint density at radius 2 is 2.14 bits per heavy atom. The molecule has 0 aliphatic rings. The van der Waals surface area contributed by atoms with Crippen molar-refractivity contribution in [1.82, 2.24) is 14.9 Å². The zero-order valence-electron chi connectivity index (χ0n) is 7.21. The molecule has 0 spiro atoms. The minimum Gasteiger partial charge on any atom is -0.395 e. The van der Waals surface area contributed by atoms with Crippen molar-refractivity contribution in [3.8, 4) is 0 Å². The topological polar surface area (TPSA) is 115 Å². The molecular weight excluding hydrogens is 210 g/mol. The van der Waals surface area contributed by atoms with Crippen molar-refractivity contribution in [2.45, 2.75) is 11.1 Å². The molecule has 4 N–H and O–H groups in total. The van der Waals surface area contributed by atoms with Gasteiger partial charge in [-0.2, -0.15) is 5.10 Å². The van der Waals surface area contributed by atoms with Crippen LogP contribution in [0, 0.1) is 0 Å². The Morgan fingerprint density at radius 3 is 2.57 bits per heavy atom. The van der Waals surface area contributed by atoms with E-state index in [-0.39, 0.29) is 5.03 Å². The van der Waals surface area contributed by atoms with Crippen LogP contribution in [0.15, 0.2) is 17.3 Å². The first-order valence-electron chi connectivity index (χ1n) is 3.83. The number of rotatable bonds is 5. The second-order valence-corrected chi connectivity index (χ2v) is 4.29. The van der Waals surface area contributed by atoms with E-state index in [0.717, 1.165) is 0 Å². The molecule has 8 heteroatoms. The van der Waals surface area contributed by atoms with Crippen molar-refractivity contribution in [2.24, 2.45) is 0 Å². The van der Waals surface area contributed by atoms with Crippen molar-refractivity contribution < 1.29 is 18.6 Å². The van der Waals surface area contributed by atoms with Gasteiger partial charge in [0.2, 0.25) is 0 Å². The molecule has 0 aliphatic heterocycles. The Kier molecular flexibility index (Phi) is 3.58. The predicted octanol–water partition coefficient (Wildman–Crippen LogP) is -1.96. The van der Waals surface area contributed by atoms with E-state index in [9.17, 15) is 8.42 Å². The number of aromatic nitrogens is 2. The fraction of sp³-hybridized carbons (Fsp3) is 0.500. The predicted molar refractivity (Wildman–Crippen MR) is 46.9 cm³/mol. The van der Waals surface area contributed by atoms with Crippen LogP contribution in [0.3, 0.4) is 0 Å². The molecule has 0 bridgehead atoms. The summed E-state index contributed by atoms with van der Waals surface area (Å²) in [6, 6.07) is 0.372. The number of nitrogens with zero attached hydrogens (tertiary/aromatic N) is 1. The third-order valence-electron chi connectivity index (χ3n) is 1.53. The first-order chi connectivity index (χ1) is 6.60. The maximum absolute atomic E-state index is 11.4. The van der Waals surface area contributed by atoms with Crippen LogP contribution in [0.25, 0.3) is 0 Å². The molecule has 0 unspecified atom stereocenters. The Bertz CT molecular complexity index is 356. The molecule has 0 saturated carbocycles. The average molecular weight is 221 g/mol. The third-order valence-corrected chi connectivity index (χ3v) is 2.98. The summed E-state index contributed by atoms with van der Waals surface area (Å²) < 4.78 is 24.9. The molecule has 1 aromatic rings. The summed E-state index contributed by atoms with van der Waals surface area (Å²) in [7, 11) is -3.73. The van der Waals surface area contributed by atoms with Crippen LogP contribution in [-0.4, -0.2) is 48.1 Å². The van der Waals surface area contributed by atoms with Crippen molar-refractivity contribution in [3.63, 3.8) is 0 Å². The Hall–Kier alpha value is -0.960. The quantitative estimate of drug-likeness (QED) is 0.461. The van der Waals surface area contributed by atoms with Gasteiger partial charge in [0.05, 0.1) is 25.5 Å². The highest BCUT2D eigenvalue weighted by molar-refractivity contribution is 7.89. The van der Waals surface area contributed by atoms with Crippen LogP contribution in [0.4, 0.5) is 0 Å². The molecule has 0 radical (unpaired) electrons. The van der Waals surface area contributed by atoms with E-state index in [1.54, 1.807) is 0 Å². The third kappa shape index (κ3) is 2.51. The first kappa shape index (κ1) is 11.1. The Morgan fingerprint density at radius 1 is 1.50 bits per heavy atom. The number of hydrogen-bond donors (Lipinski definition) is 4. The molecule has 0 saturated heterocycles. The summed E-state index contributed by atoms with van der Waals surface area (Å²) in [4.78, 5) is 0. The van der Waals surface area contributed by atoms with Gasteiger partial charge in [-0.1, -0.05) is 0 Å². The lowest BCUT2D eigenvalue weighted by molar-refractivity contribution is 0.185. The Labute approximate surface area is 80.8 Å². The molecule has 0 aliphatic carbocycles. The smallest absolute Gasteiger partial charge is 0.257 e. The molecule has 0 amide bonds. The van der Waals surface area contributed by atoms with Gasteiger partial charge in [0.15, 0.2) is 5.03 Å². The second kappa shape index (κ2) is 4.51. The number of nitrogens with one attached hydrogen (secondary N) is 2. The standard InChI is InChI=1S/C6H11N3O4S/c10-3-5(4-11)9-14(12,13)6-1-2-7-8-6/h1-2,5,9-11H,3-4H2,(H,7,8). The van der Waals surface area contributed by atoms with Gasteiger partial charge in [-0.25, -0.2) is 13.1 Å². The van der Waals surface area contributed by atoms with Crippen LogP contribution in [0.5, 0.6) is 0 Å². The summed E-state index contributed by atoms with van der Waals surface area (Å²) in [6.45, 7) is -0.937. The maximum Gasteiger partial charge on any atom is 0.257 e. The molecule has 1 heterocycles. The number of aliphatic hydroxyl groups is 2. The van der Waals surface area contributed by atoms with Gasteiger partial charge in [-0.05, 0) is 6.07 Å². The molecule has 7 nitrogen and oxygen atoms in total. The van der Waals surface area contributed by atoms with Crippen LogP contribution in [-0.2, 0) is 10.0 Å². The van der Waals surface area contributed by atoms with Gasteiger partial charge in [-0.3, -0.25) is 5.10 Å². The van der Waals surface area contributed by atoms with Crippen LogP contribution in [0.1, 0.15) is 0 Å². The number of hydrogen-bond acceptors (Lipinski definition) is 5. The minimum atomic E-state index is -3.73. The SMILES string of the molecule is O=S(=O)(NC(CO)CO)c1ccn[nH]1. The van der Waals surface area contributed by atoms with Gasteiger partial charge >= 0.3 is 0 Å². The number of aromatic amines is 1. The zero-order valence-corrected chi connectivity index (χ0v) is 8.03. The number of H-pyrrole nitrogens is 1. The van der Waals surface area contributed by atoms with E-state index in [4.69, 9.17) is 10.2 Å². The highest BCUT2D eigenvalue weighted by Crippen LogP contribution is 2.02. The summed E-state index contributed by atoms with van der Waals surface area (Å²) in [5.41, 5.74) is 0. The lowest BCUT2D eigenvalue weighted by Crippen LogP contribution is -2.40. The van der Waals surface area contributed by atoms with E-state index >= 15 is 0 Å². The van der Waals surface area contributed by atoms with Gasteiger partial charge < -0.3 is 10.2 Å². The van der Waals surface area contributed by atoms with Crippen LogP contribution in [0.2, 0.25) is 0 Å². The van der Waals surface area contributed by atoms with E-state index in [1.807, 2.05) is 0 Å². The minimum absolute atomic E-state index is 0.107. The van der Waals surface area contributed by atoms with Crippen molar-refractivity contribution in [1.29, 1.82) is 0 Å². The number of aliphatic hydroxyl groups excluding tert-OH is 2. The molecule has 1 aromatic heterocycles. The summed E-state index contributed by atoms with van der Waals surface area (Å²) in [6.07, 6.45) is 1.29. The molecule has 0 fully saturated rings. The van der Waals surface area contributed by atoms with Crippen LogP contribution >= 0.6 is 0 Å².